The highest BCUT2D eigenvalue weighted by Gasteiger charge is 2.30. The van der Waals surface area contributed by atoms with Crippen LogP contribution in [0.5, 0.6) is 5.75 Å². The summed E-state index contributed by atoms with van der Waals surface area (Å²) in [5.41, 5.74) is -0.536. The number of halogens is 2. The number of carbonyl (C=O) groups is 1. The van der Waals surface area contributed by atoms with Crippen LogP contribution in [0.3, 0.4) is 0 Å². The van der Waals surface area contributed by atoms with Crippen LogP contribution in [0.15, 0.2) is 36.7 Å². The van der Waals surface area contributed by atoms with E-state index in [1.54, 1.807) is 26.1 Å². The van der Waals surface area contributed by atoms with Gasteiger partial charge in [-0.15, -0.1) is 0 Å². The van der Waals surface area contributed by atoms with Crippen LogP contribution in [0.25, 0.3) is 5.65 Å². The largest absolute Gasteiger partial charge is 0.414 e. The van der Waals surface area contributed by atoms with E-state index in [0.29, 0.717) is 18.8 Å². The zero-order chi connectivity index (χ0) is 22.2. The van der Waals surface area contributed by atoms with Gasteiger partial charge in [-0.25, -0.2) is 23.1 Å². The second-order valence-corrected chi connectivity index (χ2v) is 7.83. The lowest BCUT2D eigenvalue weighted by Crippen LogP contribution is -2.43. The van der Waals surface area contributed by atoms with E-state index in [1.165, 1.54) is 16.8 Å². The van der Waals surface area contributed by atoms with Gasteiger partial charge in [-0.1, -0.05) is 0 Å². The fourth-order valence-corrected chi connectivity index (χ4v) is 3.61. The summed E-state index contributed by atoms with van der Waals surface area (Å²) in [4.78, 5) is 18.6. The number of anilines is 1. The second kappa shape index (κ2) is 7.83. The number of carbonyl (C=O) groups excluding carboxylic acids is 1. The molecule has 2 aromatic heterocycles. The number of aromatic nitrogens is 3. The molecule has 0 spiro atoms. The summed E-state index contributed by atoms with van der Waals surface area (Å²) in [6, 6.07) is 6.74. The molecule has 4 rings (SSSR count). The third-order valence-electron chi connectivity index (χ3n) is 5.08. The Hall–Kier alpha value is -3.74. The van der Waals surface area contributed by atoms with Crippen molar-refractivity contribution in [2.24, 2.45) is 0 Å². The maximum absolute atomic E-state index is 14.4. The van der Waals surface area contributed by atoms with Crippen LogP contribution < -0.4 is 15.0 Å². The highest BCUT2D eigenvalue weighted by molar-refractivity contribution is 5.74. The molecule has 10 heteroatoms. The van der Waals surface area contributed by atoms with Gasteiger partial charge in [0.05, 0.1) is 18.3 Å². The number of nitriles is 1. The fourth-order valence-electron chi connectivity index (χ4n) is 3.61. The zero-order valence-corrected chi connectivity index (χ0v) is 17.0. The van der Waals surface area contributed by atoms with Gasteiger partial charge in [-0.2, -0.15) is 10.4 Å². The lowest BCUT2D eigenvalue weighted by Gasteiger charge is -2.26. The van der Waals surface area contributed by atoms with Crippen molar-refractivity contribution in [3.8, 4) is 11.8 Å². The Morgan fingerprint density at radius 2 is 2.16 bits per heavy atom. The monoisotopic (exact) mass is 426 g/mol. The number of fused-ring (bicyclic) bond motifs is 1. The number of nitrogens with zero attached hydrogens (tertiary/aromatic N) is 5. The quantitative estimate of drug-likeness (QED) is 0.683. The highest BCUT2D eigenvalue weighted by atomic mass is 19.1. The molecular formula is C21H20F2N6O2. The lowest BCUT2D eigenvalue weighted by atomic mass is 10.0. The molecule has 1 aliphatic heterocycles. The van der Waals surface area contributed by atoms with E-state index in [0.717, 1.165) is 18.6 Å². The second-order valence-electron chi connectivity index (χ2n) is 7.83. The van der Waals surface area contributed by atoms with Crippen LogP contribution in [0.2, 0.25) is 0 Å². The Morgan fingerprint density at radius 1 is 1.35 bits per heavy atom. The molecule has 1 saturated heterocycles. The molecule has 3 heterocycles. The number of hydrogen-bond donors (Lipinski definition) is 1. The SMILES string of the molecule is CC(C)(C#N)NC(=O)Oc1cnn2ccc(N3CCC[C@@H]3c3cc(F)ccc3F)nc12. The molecule has 1 aliphatic rings. The molecule has 1 amide bonds. The minimum Gasteiger partial charge on any atom is -0.405 e. The number of ether oxygens (including phenoxy) is 1. The minimum absolute atomic E-state index is 0.112. The summed E-state index contributed by atoms with van der Waals surface area (Å²) < 4.78 is 34.8. The van der Waals surface area contributed by atoms with Gasteiger partial charge in [-0.3, -0.25) is 0 Å². The van der Waals surface area contributed by atoms with E-state index < -0.39 is 23.3 Å². The Morgan fingerprint density at radius 3 is 2.94 bits per heavy atom. The van der Waals surface area contributed by atoms with Gasteiger partial charge >= 0.3 is 6.09 Å². The lowest BCUT2D eigenvalue weighted by molar-refractivity contribution is 0.194. The van der Waals surface area contributed by atoms with Crippen molar-refractivity contribution in [2.75, 3.05) is 11.4 Å². The van der Waals surface area contributed by atoms with Gasteiger partial charge in [-0.05, 0) is 51.0 Å². The maximum atomic E-state index is 14.4. The number of benzene rings is 1. The first-order valence-corrected chi connectivity index (χ1v) is 9.74. The van der Waals surface area contributed by atoms with Gasteiger partial charge in [0.15, 0.2) is 5.75 Å². The minimum atomic E-state index is -1.10. The van der Waals surface area contributed by atoms with Gasteiger partial charge in [0.2, 0.25) is 5.65 Å². The average molecular weight is 426 g/mol. The van der Waals surface area contributed by atoms with Gasteiger partial charge in [0.1, 0.15) is 23.0 Å². The van der Waals surface area contributed by atoms with Crippen LogP contribution in [0.1, 0.15) is 38.3 Å². The molecule has 1 fully saturated rings. The molecular weight excluding hydrogens is 406 g/mol. The van der Waals surface area contributed by atoms with Crippen molar-refractivity contribution < 1.29 is 18.3 Å². The van der Waals surface area contributed by atoms with Gasteiger partial charge in [0, 0.05) is 18.3 Å². The molecule has 0 aliphatic carbocycles. The molecule has 0 saturated carbocycles. The third-order valence-corrected chi connectivity index (χ3v) is 5.08. The fraction of sp³-hybridized carbons (Fsp3) is 0.333. The van der Waals surface area contributed by atoms with E-state index in [4.69, 9.17) is 10.00 Å². The Labute approximate surface area is 177 Å². The topological polar surface area (TPSA) is 95.5 Å². The Balaban J connectivity index is 1.63. The first-order valence-electron chi connectivity index (χ1n) is 9.74. The molecule has 160 valence electrons. The predicted octanol–water partition coefficient (Wildman–Crippen LogP) is 3.74. The molecule has 0 radical (unpaired) electrons. The number of hydrogen-bond acceptors (Lipinski definition) is 6. The van der Waals surface area contributed by atoms with Gasteiger partial charge in [0.25, 0.3) is 0 Å². The summed E-state index contributed by atoms with van der Waals surface area (Å²) in [5, 5.41) is 15.6. The van der Waals surface area contributed by atoms with E-state index >= 15 is 0 Å². The number of nitrogens with one attached hydrogen (secondary N) is 1. The first kappa shape index (κ1) is 20.5. The summed E-state index contributed by atoms with van der Waals surface area (Å²) in [5.74, 6) is -0.323. The molecule has 1 aromatic carbocycles. The standard InChI is InChI=1S/C21H20F2N6O2/c1-21(2,12-24)27-20(30)31-17-11-25-29-9-7-18(26-19(17)29)28-8-3-4-16(28)14-10-13(22)5-6-15(14)23/h5-7,9-11,16H,3-4,8H2,1-2H3,(H,27,30)/t16-/m1/s1. The summed E-state index contributed by atoms with van der Waals surface area (Å²) >= 11 is 0. The molecule has 1 N–H and O–H groups in total. The first-order chi connectivity index (χ1) is 14.8. The Bertz CT molecular complexity index is 1190. The van der Waals surface area contributed by atoms with E-state index in [2.05, 4.69) is 15.4 Å². The highest BCUT2D eigenvalue weighted by Crippen LogP contribution is 2.37. The molecule has 0 bridgehead atoms. The third kappa shape index (κ3) is 4.12. The van der Waals surface area contributed by atoms with Crippen molar-refractivity contribution >= 4 is 17.6 Å². The van der Waals surface area contributed by atoms with Gasteiger partial charge < -0.3 is 15.0 Å². The normalized spacial score (nSPS) is 16.4. The van der Waals surface area contributed by atoms with Crippen LogP contribution in [-0.2, 0) is 0 Å². The summed E-state index contributed by atoms with van der Waals surface area (Å²) in [7, 11) is 0. The molecule has 0 unspecified atom stereocenters. The van der Waals surface area contributed by atoms with Crippen molar-refractivity contribution in [1.82, 2.24) is 19.9 Å². The van der Waals surface area contributed by atoms with E-state index in [9.17, 15) is 13.6 Å². The number of rotatable bonds is 4. The van der Waals surface area contributed by atoms with Crippen LogP contribution in [-0.4, -0.2) is 32.8 Å². The summed E-state index contributed by atoms with van der Waals surface area (Å²) in [6.45, 7) is 3.70. The van der Waals surface area contributed by atoms with Crippen LogP contribution >= 0.6 is 0 Å². The average Bonchev–Trinajstić information content (AvgIpc) is 3.36. The van der Waals surface area contributed by atoms with Crippen molar-refractivity contribution in [2.45, 2.75) is 38.3 Å². The van der Waals surface area contributed by atoms with Crippen molar-refractivity contribution in [1.29, 1.82) is 5.26 Å². The molecule has 31 heavy (non-hydrogen) atoms. The smallest absolute Gasteiger partial charge is 0.405 e. The number of amides is 1. The van der Waals surface area contributed by atoms with E-state index in [-0.39, 0.29) is 23.0 Å². The zero-order valence-electron chi connectivity index (χ0n) is 17.0. The predicted molar refractivity (Wildman–Crippen MR) is 108 cm³/mol. The molecule has 8 nitrogen and oxygen atoms in total. The van der Waals surface area contributed by atoms with Crippen molar-refractivity contribution in [3.05, 3.63) is 53.9 Å². The molecule has 1 atom stereocenters. The van der Waals surface area contributed by atoms with Crippen LogP contribution in [0, 0.1) is 23.0 Å². The van der Waals surface area contributed by atoms with Crippen LogP contribution in [0.4, 0.5) is 19.4 Å². The summed E-state index contributed by atoms with van der Waals surface area (Å²) in [6.07, 6.45) is 3.63. The molecule has 3 aromatic rings. The maximum Gasteiger partial charge on any atom is 0.414 e. The van der Waals surface area contributed by atoms with E-state index in [1.807, 2.05) is 11.0 Å². The van der Waals surface area contributed by atoms with Crippen molar-refractivity contribution in [3.63, 3.8) is 0 Å². The Kier molecular flexibility index (Phi) is 5.19.